The van der Waals surface area contributed by atoms with E-state index < -0.39 is 0 Å². The molecule has 166 valence electrons. The van der Waals surface area contributed by atoms with E-state index in [-0.39, 0.29) is 0 Å². The van der Waals surface area contributed by atoms with Crippen molar-refractivity contribution >= 4 is 0 Å². The molecule has 0 amide bonds. The summed E-state index contributed by atoms with van der Waals surface area (Å²) < 4.78 is 0. The summed E-state index contributed by atoms with van der Waals surface area (Å²) in [5, 5.41) is 7.38. The smallest absolute Gasteiger partial charge is 0.0253 e. The van der Waals surface area contributed by atoms with Crippen LogP contribution in [0, 0.1) is 34.5 Å². The van der Waals surface area contributed by atoms with Gasteiger partial charge in [-0.2, -0.15) is 0 Å². The van der Waals surface area contributed by atoms with E-state index >= 15 is 0 Å². The fourth-order valence-electron chi connectivity index (χ4n) is 8.47. The first-order valence-electron chi connectivity index (χ1n) is 12.5. The maximum absolute atomic E-state index is 5.76. The van der Waals surface area contributed by atoms with Crippen molar-refractivity contribution in [3.8, 4) is 0 Å². The third kappa shape index (κ3) is 3.73. The molecule has 3 fully saturated rings. The monoisotopic (exact) mass is 402 g/mol. The maximum Gasteiger partial charge on any atom is 0.0253 e. The Balaban J connectivity index is 1.50. The second-order valence-electron chi connectivity index (χ2n) is 11.2. The molecule has 3 saturated carbocycles. The molecule has 0 spiro atoms. The van der Waals surface area contributed by atoms with Gasteiger partial charge in [0.05, 0.1) is 0 Å². The normalized spacial score (nSPS) is 45.1. The predicted octanol–water partition coefficient (Wildman–Crippen LogP) is 3.42. The zero-order valence-corrected chi connectivity index (χ0v) is 19.2. The van der Waals surface area contributed by atoms with Gasteiger partial charge in [0.2, 0.25) is 0 Å². The largest absolute Gasteiger partial charge is 0.329 e. The van der Waals surface area contributed by atoms with Gasteiger partial charge < -0.3 is 22.1 Å². The van der Waals surface area contributed by atoms with Crippen LogP contribution in [0.2, 0.25) is 0 Å². The molecule has 0 radical (unpaired) electrons. The standard InChI is InChI=1S/C25H46N4/c1-17(28-14-12-26)21-6-7-22-20-5-4-18-16-19(29-15-13-27)8-10-24(18,2)23(20)9-11-25(21,22)3/h16-17,19-23,28-29H,4-15,26-27H2,1-3H3/t17-,19+,20+,21-,22+,23+,24+,25-/m1/s1. The van der Waals surface area contributed by atoms with Gasteiger partial charge in [-0.25, -0.2) is 0 Å². The van der Waals surface area contributed by atoms with Crippen LogP contribution in [0.15, 0.2) is 11.6 Å². The van der Waals surface area contributed by atoms with Gasteiger partial charge in [0.1, 0.15) is 0 Å². The van der Waals surface area contributed by atoms with Gasteiger partial charge in [-0.1, -0.05) is 25.5 Å². The lowest BCUT2D eigenvalue weighted by atomic mass is 9.46. The van der Waals surface area contributed by atoms with Gasteiger partial charge in [0.15, 0.2) is 0 Å². The molecular formula is C25H46N4. The molecule has 0 bridgehead atoms. The van der Waals surface area contributed by atoms with Crippen LogP contribution >= 0.6 is 0 Å². The Kier molecular flexibility index (Phi) is 6.47. The van der Waals surface area contributed by atoms with Gasteiger partial charge in [0.25, 0.3) is 0 Å². The molecule has 4 aliphatic rings. The number of nitrogens with two attached hydrogens (primary N) is 2. The van der Waals surface area contributed by atoms with E-state index in [1.165, 1.54) is 51.4 Å². The lowest BCUT2D eigenvalue weighted by molar-refractivity contribution is -0.0560. The van der Waals surface area contributed by atoms with Gasteiger partial charge in [-0.3, -0.25) is 0 Å². The Hall–Kier alpha value is -0.420. The zero-order chi connectivity index (χ0) is 20.6. The van der Waals surface area contributed by atoms with Crippen LogP contribution in [0.1, 0.15) is 72.1 Å². The van der Waals surface area contributed by atoms with Crippen LogP contribution in [0.3, 0.4) is 0 Å². The molecule has 4 nitrogen and oxygen atoms in total. The van der Waals surface area contributed by atoms with Crippen molar-refractivity contribution in [3.63, 3.8) is 0 Å². The molecule has 0 saturated heterocycles. The molecule has 4 heteroatoms. The number of hydrogen-bond donors (Lipinski definition) is 4. The van der Waals surface area contributed by atoms with Gasteiger partial charge in [-0.05, 0) is 92.8 Å². The topological polar surface area (TPSA) is 76.1 Å². The SMILES string of the molecule is C[C@@H](NCCN)[C@H]1CC[C@H]2[C@@H]3CCC4=C[C@@H](NCCN)CC[C@]4(C)[C@H]3CC[C@]12C. The van der Waals surface area contributed by atoms with E-state index in [9.17, 15) is 0 Å². The van der Waals surface area contributed by atoms with Crippen molar-refractivity contribution in [1.29, 1.82) is 0 Å². The summed E-state index contributed by atoms with van der Waals surface area (Å²) in [5.41, 5.74) is 14.2. The number of rotatable bonds is 7. The van der Waals surface area contributed by atoms with E-state index in [1.54, 1.807) is 5.57 Å². The summed E-state index contributed by atoms with van der Waals surface area (Å²) in [5.74, 6) is 3.60. The average molecular weight is 403 g/mol. The highest BCUT2D eigenvalue weighted by Crippen LogP contribution is 2.67. The Labute approximate surface area is 179 Å². The van der Waals surface area contributed by atoms with Crippen molar-refractivity contribution in [2.45, 2.75) is 84.2 Å². The van der Waals surface area contributed by atoms with Crippen LogP contribution < -0.4 is 22.1 Å². The number of hydrogen-bond acceptors (Lipinski definition) is 4. The van der Waals surface area contributed by atoms with Crippen molar-refractivity contribution in [3.05, 3.63) is 11.6 Å². The second-order valence-corrected chi connectivity index (χ2v) is 11.2. The number of nitrogens with one attached hydrogen (secondary N) is 2. The summed E-state index contributed by atoms with van der Waals surface area (Å²) in [4.78, 5) is 0. The molecule has 0 unspecified atom stereocenters. The fourth-order valence-corrected chi connectivity index (χ4v) is 8.47. The van der Waals surface area contributed by atoms with Gasteiger partial charge >= 0.3 is 0 Å². The summed E-state index contributed by atoms with van der Waals surface area (Å²) in [7, 11) is 0. The summed E-state index contributed by atoms with van der Waals surface area (Å²) in [6, 6.07) is 1.15. The van der Waals surface area contributed by atoms with E-state index in [4.69, 9.17) is 11.5 Å². The molecule has 8 atom stereocenters. The molecule has 0 aromatic rings. The molecule has 0 aromatic carbocycles. The molecule has 4 rings (SSSR count). The van der Waals surface area contributed by atoms with Gasteiger partial charge in [-0.15, -0.1) is 0 Å². The Morgan fingerprint density at radius 3 is 2.55 bits per heavy atom. The lowest BCUT2D eigenvalue weighted by Gasteiger charge is -2.59. The first-order chi connectivity index (χ1) is 13.9. The number of fused-ring (bicyclic) bond motifs is 5. The zero-order valence-electron chi connectivity index (χ0n) is 19.2. The van der Waals surface area contributed by atoms with E-state index in [1.807, 2.05) is 0 Å². The third-order valence-electron chi connectivity index (χ3n) is 9.95. The summed E-state index contributed by atoms with van der Waals surface area (Å²) in [6.07, 6.45) is 13.7. The first kappa shape index (κ1) is 21.8. The molecule has 29 heavy (non-hydrogen) atoms. The highest BCUT2D eigenvalue weighted by molar-refractivity contribution is 5.26. The predicted molar refractivity (Wildman–Crippen MR) is 123 cm³/mol. The van der Waals surface area contributed by atoms with Crippen LogP contribution in [0.25, 0.3) is 0 Å². The first-order valence-corrected chi connectivity index (χ1v) is 12.5. The number of allylic oxidation sites excluding steroid dienone is 1. The quantitative estimate of drug-likeness (QED) is 0.492. The highest BCUT2D eigenvalue weighted by atomic mass is 14.9. The Morgan fingerprint density at radius 2 is 1.79 bits per heavy atom. The Bertz CT molecular complexity index is 604. The average Bonchev–Trinajstić information content (AvgIpc) is 3.07. The van der Waals surface area contributed by atoms with Crippen molar-refractivity contribution < 1.29 is 0 Å². The lowest BCUT2D eigenvalue weighted by Crippen LogP contribution is -2.53. The summed E-state index contributed by atoms with van der Waals surface area (Å²) in [6.45, 7) is 11.1. The minimum atomic E-state index is 0.451. The minimum absolute atomic E-state index is 0.451. The molecule has 0 heterocycles. The van der Waals surface area contributed by atoms with E-state index in [0.717, 1.165) is 49.9 Å². The van der Waals surface area contributed by atoms with Crippen molar-refractivity contribution in [1.82, 2.24) is 10.6 Å². The molecule has 0 aromatic heterocycles. The van der Waals surface area contributed by atoms with Gasteiger partial charge in [0, 0.05) is 38.3 Å². The fraction of sp³-hybridized carbons (Fsp3) is 0.920. The van der Waals surface area contributed by atoms with Crippen LogP contribution in [0.4, 0.5) is 0 Å². The van der Waals surface area contributed by atoms with Crippen LogP contribution in [-0.4, -0.2) is 38.3 Å². The van der Waals surface area contributed by atoms with E-state index in [0.29, 0.717) is 22.9 Å². The van der Waals surface area contributed by atoms with E-state index in [2.05, 4.69) is 37.5 Å². The molecule has 4 aliphatic carbocycles. The molecule has 6 N–H and O–H groups in total. The maximum atomic E-state index is 5.76. The van der Waals surface area contributed by atoms with Crippen molar-refractivity contribution in [2.75, 3.05) is 26.2 Å². The second kappa shape index (κ2) is 8.61. The van der Waals surface area contributed by atoms with Crippen LogP contribution in [-0.2, 0) is 0 Å². The minimum Gasteiger partial charge on any atom is -0.329 e. The summed E-state index contributed by atoms with van der Waals surface area (Å²) >= 11 is 0. The Morgan fingerprint density at radius 1 is 1.00 bits per heavy atom. The highest BCUT2D eigenvalue weighted by Gasteiger charge is 2.59. The van der Waals surface area contributed by atoms with Crippen molar-refractivity contribution in [2.24, 2.45) is 46.0 Å². The molecular weight excluding hydrogens is 356 g/mol. The third-order valence-corrected chi connectivity index (χ3v) is 9.95. The van der Waals surface area contributed by atoms with Crippen LogP contribution in [0.5, 0.6) is 0 Å². The molecule has 0 aliphatic heterocycles.